The first-order valence-corrected chi connectivity index (χ1v) is 5.57. The van der Waals surface area contributed by atoms with Gasteiger partial charge in [-0.05, 0) is 24.1 Å². The molecule has 0 radical (unpaired) electrons. The molecular weight excluding hydrogens is 249 g/mol. The fraction of sp³-hybridized carbons (Fsp3) is 0.273. The third-order valence-corrected chi connectivity index (χ3v) is 3.34. The average molecular weight is 258 g/mol. The minimum atomic E-state index is -0.882. The SMILES string of the molecule is Cc1ccc(C2C(=O)NC(=O)C2Cl)c(Cl)c1. The standard InChI is InChI=1S/C11H9Cl2NO2/c1-5-2-3-6(7(12)4-5)8-9(13)11(16)14-10(8)15/h2-4,8-9H,1H3,(H,14,15,16). The Morgan fingerprint density at radius 3 is 2.44 bits per heavy atom. The Bertz CT molecular complexity index is 473. The van der Waals surface area contributed by atoms with Crippen molar-refractivity contribution in [1.29, 1.82) is 0 Å². The van der Waals surface area contributed by atoms with E-state index in [0.717, 1.165) is 5.56 Å². The minimum absolute atomic E-state index is 0.393. The number of alkyl halides is 1. The third-order valence-electron chi connectivity index (χ3n) is 2.56. The summed E-state index contributed by atoms with van der Waals surface area (Å²) in [5.41, 5.74) is 1.58. The Labute approximate surface area is 103 Å². The summed E-state index contributed by atoms with van der Waals surface area (Å²) in [5, 5.41) is 1.77. The fourth-order valence-corrected chi connectivity index (χ4v) is 2.39. The first-order valence-electron chi connectivity index (χ1n) is 4.75. The summed E-state index contributed by atoms with van der Waals surface area (Å²) in [6, 6.07) is 5.31. The molecule has 1 N–H and O–H groups in total. The van der Waals surface area contributed by atoms with Crippen LogP contribution in [0.1, 0.15) is 17.0 Å². The second-order valence-electron chi connectivity index (χ2n) is 3.76. The average Bonchev–Trinajstić information content (AvgIpc) is 2.43. The number of aryl methyl sites for hydroxylation is 1. The van der Waals surface area contributed by atoms with Gasteiger partial charge < -0.3 is 0 Å². The first-order chi connectivity index (χ1) is 7.50. The highest BCUT2D eigenvalue weighted by molar-refractivity contribution is 6.38. The Balaban J connectivity index is 2.44. The van der Waals surface area contributed by atoms with Gasteiger partial charge in [0.1, 0.15) is 5.38 Å². The van der Waals surface area contributed by atoms with Crippen molar-refractivity contribution < 1.29 is 9.59 Å². The van der Waals surface area contributed by atoms with Gasteiger partial charge in [0.15, 0.2) is 0 Å². The van der Waals surface area contributed by atoms with Crippen LogP contribution in [0.25, 0.3) is 0 Å². The van der Waals surface area contributed by atoms with Gasteiger partial charge in [-0.3, -0.25) is 14.9 Å². The molecule has 0 spiro atoms. The van der Waals surface area contributed by atoms with Crippen LogP contribution >= 0.6 is 23.2 Å². The summed E-state index contributed by atoms with van der Waals surface area (Å²) in [6.45, 7) is 1.90. The smallest absolute Gasteiger partial charge is 0.245 e. The lowest BCUT2D eigenvalue weighted by atomic mass is 9.96. The van der Waals surface area contributed by atoms with Gasteiger partial charge in [-0.2, -0.15) is 0 Å². The Morgan fingerprint density at radius 1 is 1.25 bits per heavy atom. The van der Waals surface area contributed by atoms with Crippen LogP contribution in [0.4, 0.5) is 0 Å². The van der Waals surface area contributed by atoms with Crippen molar-refractivity contribution >= 4 is 35.0 Å². The fourth-order valence-electron chi connectivity index (χ4n) is 1.74. The summed E-state index contributed by atoms with van der Waals surface area (Å²) >= 11 is 11.9. The number of amides is 2. The van der Waals surface area contributed by atoms with Gasteiger partial charge in [0.25, 0.3) is 0 Å². The van der Waals surface area contributed by atoms with Crippen molar-refractivity contribution in [3.05, 3.63) is 34.3 Å². The van der Waals surface area contributed by atoms with E-state index in [1.165, 1.54) is 0 Å². The summed E-state index contributed by atoms with van der Waals surface area (Å²) in [5.74, 6) is -1.55. The molecule has 3 nitrogen and oxygen atoms in total. The van der Waals surface area contributed by atoms with Gasteiger partial charge in [0.2, 0.25) is 11.8 Å². The second-order valence-corrected chi connectivity index (χ2v) is 4.64. The van der Waals surface area contributed by atoms with Crippen molar-refractivity contribution in [2.75, 3.05) is 0 Å². The van der Waals surface area contributed by atoms with Gasteiger partial charge in [0, 0.05) is 5.02 Å². The number of nitrogens with one attached hydrogen (secondary N) is 1. The molecule has 2 amide bonds. The van der Waals surface area contributed by atoms with E-state index in [2.05, 4.69) is 5.32 Å². The molecule has 2 atom stereocenters. The predicted octanol–water partition coefficient (Wildman–Crippen LogP) is 2.00. The summed E-state index contributed by atoms with van der Waals surface area (Å²) < 4.78 is 0. The van der Waals surface area contributed by atoms with Crippen LogP contribution < -0.4 is 5.32 Å². The molecule has 0 aliphatic carbocycles. The van der Waals surface area contributed by atoms with E-state index >= 15 is 0 Å². The van der Waals surface area contributed by atoms with Gasteiger partial charge in [0.05, 0.1) is 5.92 Å². The van der Waals surface area contributed by atoms with Crippen LogP contribution in [0.3, 0.4) is 0 Å². The monoisotopic (exact) mass is 257 g/mol. The topological polar surface area (TPSA) is 46.2 Å². The zero-order chi connectivity index (χ0) is 11.9. The van der Waals surface area contributed by atoms with Crippen LogP contribution in [0.2, 0.25) is 5.02 Å². The molecule has 5 heteroatoms. The van der Waals surface area contributed by atoms with E-state index in [4.69, 9.17) is 23.2 Å². The number of halogens is 2. The lowest BCUT2D eigenvalue weighted by molar-refractivity contribution is -0.125. The van der Waals surface area contributed by atoms with Gasteiger partial charge in [-0.15, -0.1) is 11.6 Å². The zero-order valence-electron chi connectivity index (χ0n) is 8.46. The van der Waals surface area contributed by atoms with E-state index in [1.54, 1.807) is 12.1 Å². The van der Waals surface area contributed by atoms with Gasteiger partial charge in [-0.1, -0.05) is 23.7 Å². The van der Waals surface area contributed by atoms with E-state index in [0.29, 0.717) is 10.6 Å². The molecule has 1 aromatic carbocycles. The molecule has 2 rings (SSSR count). The number of carbonyl (C=O) groups excluding carboxylic acids is 2. The Hall–Kier alpha value is -1.06. The second kappa shape index (κ2) is 4.07. The van der Waals surface area contributed by atoms with Crippen molar-refractivity contribution in [2.24, 2.45) is 0 Å². The normalized spacial score (nSPS) is 24.7. The van der Waals surface area contributed by atoms with Crippen LogP contribution in [-0.2, 0) is 9.59 Å². The molecule has 1 fully saturated rings. The Morgan fingerprint density at radius 2 is 1.94 bits per heavy atom. The molecule has 1 heterocycles. The zero-order valence-corrected chi connectivity index (χ0v) is 9.97. The minimum Gasteiger partial charge on any atom is -0.295 e. The lowest BCUT2D eigenvalue weighted by Crippen LogP contribution is -2.22. The highest BCUT2D eigenvalue weighted by Crippen LogP contribution is 2.33. The maximum Gasteiger partial charge on any atom is 0.245 e. The number of hydrogen-bond donors (Lipinski definition) is 1. The first kappa shape index (κ1) is 11.4. The number of benzene rings is 1. The maximum atomic E-state index is 11.6. The van der Waals surface area contributed by atoms with Crippen LogP contribution in [0.15, 0.2) is 18.2 Å². The quantitative estimate of drug-likeness (QED) is 0.618. The highest BCUT2D eigenvalue weighted by atomic mass is 35.5. The van der Waals surface area contributed by atoms with Gasteiger partial charge >= 0.3 is 0 Å². The molecular formula is C11H9Cl2NO2. The van der Waals surface area contributed by atoms with E-state index in [-0.39, 0.29) is 0 Å². The van der Waals surface area contributed by atoms with Crippen LogP contribution in [0, 0.1) is 6.92 Å². The maximum absolute atomic E-state index is 11.6. The molecule has 1 aliphatic rings. The molecule has 16 heavy (non-hydrogen) atoms. The van der Waals surface area contributed by atoms with Crippen molar-refractivity contribution in [3.8, 4) is 0 Å². The molecule has 84 valence electrons. The highest BCUT2D eigenvalue weighted by Gasteiger charge is 2.42. The van der Waals surface area contributed by atoms with E-state index in [9.17, 15) is 9.59 Å². The van der Waals surface area contributed by atoms with Crippen molar-refractivity contribution in [3.63, 3.8) is 0 Å². The lowest BCUT2D eigenvalue weighted by Gasteiger charge is -2.12. The molecule has 0 aromatic heterocycles. The van der Waals surface area contributed by atoms with Crippen molar-refractivity contribution in [1.82, 2.24) is 5.32 Å². The predicted molar refractivity (Wildman–Crippen MR) is 61.7 cm³/mol. The molecule has 0 saturated carbocycles. The molecule has 1 aromatic rings. The third kappa shape index (κ3) is 1.81. The molecule has 0 bridgehead atoms. The van der Waals surface area contributed by atoms with Crippen molar-refractivity contribution in [2.45, 2.75) is 18.2 Å². The van der Waals surface area contributed by atoms with E-state index < -0.39 is 23.1 Å². The number of hydrogen-bond acceptors (Lipinski definition) is 2. The number of carbonyl (C=O) groups is 2. The Kier molecular flexibility index (Phi) is 2.91. The van der Waals surface area contributed by atoms with Gasteiger partial charge in [-0.25, -0.2) is 0 Å². The summed E-state index contributed by atoms with van der Waals surface area (Å²) in [7, 11) is 0. The van der Waals surface area contributed by atoms with E-state index in [1.807, 2.05) is 13.0 Å². The largest absolute Gasteiger partial charge is 0.295 e. The van der Waals surface area contributed by atoms with Crippen LogP contribution in [-0.4, -0.2) is 17.2 Å². The number of imide groups is 1. The number of rotatable bonds is 1. The molecule has 1 saturated heterocycles. The summed E-state index contributed by atoms with van der Waals surface area (Å²) in [4.78, 5) is 22.8. The summed E-state index contributed by atoms with van der Waals surface area (Å²) in [6.07, 6.45) is 0. The molecule has 1 aliphatic heterocycles. The van der Waals surface area contributed by atoms with Crippen LogP contribution in [0.5, 0.6) is 0 Å². The molecule has 2 unspecified atom stereocenters.